The number of esters is 1. The van der Waals surface area contributed by atoms with Crippen molar-refractivity contribution in [3.8, 4) is 5.75 Å². The van der Waals surface area contributed by atoms with Crippen LogP contribution in [0.1, 0.15) is 41.6 Å². The Bertz CT molecular complexity index is 988. The Morgan fingerprint density at radius 3 is 2.64 bits per heavy atom. The van der Waals surface area contributed by atoms with E-state index >= 15 is 0 Å². The first-order valence-electron chi connectivity index (χ1n) is 10.1. The predicted molar refractivity (Wildman–Crippen MR) is 111 cm³/mol. The minimum absolute atomic E-state index is 0.0622. The maximum atomic E-state index is 11.6. The van der Waals surface area contributed by atoms with Crippen LogP contribution in [0.4, 0.5) is 0 Å². The second-order valence-corrected chi connectivity index (χ2v) is 7.56. The van der Waals surface area contributed by atoms with Gasteiger partial charge in [-0.25, -0.2) is 4.79 Å². The van der Waals surface area contributed by atoms with Crippen molar-refractivity contribution in [2.24, 2.45) is 0 Å². The highest BCUT2D eigenvalue weighted by atomic mass is 16.6. The molecule has 0 radical (unpaired) electrons. The van der Waals surface area contributed by atoms with E-state index in [0.29, 0.717) is 0 Å². The molecule has 28 heavy (non-hydrogen) atoms. The molecule has 0 atom stereocenters. The van der Waals surface area contributed by atoms with Crippen LogP contribution in [-0.4, -0.2) is 24.3 Å². The van der Waals surface area contributed by atoms with E-state index in [9.17, 15) is 4.79 Å². The molecule has 146 valence electrons. The molecule has 1 heterocycles. The van der Waals surface area contributed by atoms with Gasteiger partial charge in [0, 0.05) is 17.6 Å². The fourth-order valence-electron chi connectivity index (χ4n) is 4.25. The topological polar surface area (TPSA) is 40.5 Å². The van der Waals surface area contributed by atoms with E-state index in [4.69, 9.17) is 9.47 Å². The SMILES string of the molecule is COC(=O)COc1cc2c(c3c1cc(C)n3Cc1ccccc1)CCCCC2. The molecule has 0 saturated carbocycles. The van der Waals surface area contributed by atoms with Gasteiger partial charge in [-0.05, 0) is 61.4 Å². The van der Waals surface area contributed by atoms with Crippen molar-refractivity contribution < 1.29 is 14.3 Å². The first-order chi connectivity index (χ1) is 13.7. The molecule has 2 aromatic carbocycles. The molecule has 4 rings (SSSR count). The van der Waals surface area contributed by atoms with E-state index < -0.39 is 0 Å². The van der Waals surface area contributed by atoms with Crippen LogP contribution in [0.5, 0.6) is 5.75 Å². The fourth-order valence-corrected chi connectivity index (χ4v) is 4.25. The largest absolute Gasteiger partial charge is 0.481 e. The Hall–Kier alpha value is -2.75. The molecule has 0 unspecified atom stereocenters. The van der Waals surface area contributed by atoms with E-state index in [0.717, 1.165) is 30.5 Å². The van der Waals surface area contributed by atoms with E-state index in [-0.39, 0.29) is 12.6 Å². The molecule has 0 fully saturated rings. The minimum atomic E-state index is -0.358. The van der Waals surface area contributed by atoms with Gasteiger partial charge in [-0.15, -0.1) is 0 Å². The molecule has 1 aliphatic rings. The summed E-state index contributed by atoms with van der Waals surface area (Å²) in [6.45, 7) is 2.92. The van der Waals surface area contributed by atoms with Crippen LogP contribution in [0.15, 0.2) is 42.5 Å². The Morgan fingerprint density at radius 1 is 1.07 bits per heavy atom. The molecule has 0 saturated heterocycles. The Kier molecular flexibility index (Phi) is 5.38. The number of hydrogen-bond donors (Lipinski definition) is 0. The number of aromatic nitrogens is 1. The van der Waals surface area contributed by atoms with Gasteiger partial charge in [0.15, 0.2) is 6.61 Å². The number of hydrogen-bond acceptors (Lipinski definition) is 3. The van der Waals surface area contributed by atoms with Gasteiger partial charge in [0.25, 0.3) is 0 Å². The van der Waals surface area contributed by atoms with Crippen molar-refractivity contribution in [2.45, 2.75) is 45.6 Å². The number of fused-ring (bicyclic) bond motifs is 3. The number of carbonyl (C=O) groups excluding carboxylic acids is 1. The minimum Gasteiger partial charge on any atom is -0.481 e. The van der Waals surface area contributed by atoms with Crippen LogP contribution < -0.4 is 4.74 Å². The van der Waals surface area contributed by atoms with Gasteiger partial charge in [-0.3, -0.25) is 0 Å². The summed E-state index contributed by atoms with van der Waals surface area (Å²) in [5.41, 5.74) is 6.56. The van der Waals surface area contributed by atoms with Gasteiger partial charge in [0.05, 0.1) is 12.6 Å². The molecule has 0 N–H and O–H groups in total. The Labute approximate surface area is 166 Å². The van der Waals surface area contributed by atoms with E-state index in [1.54, 1.807) is 0 Å². The van der Waals surface area contributed by atoms with Crippen LogP contribution in [-0.2, 0) is 28.9 Å². The normalized spacial score (nSPS) is 13.8. The fraction of sp³-hybridized carbons (Fsp3) is 0.375. The summed E-state index contributed by atoms with van der Waals surface area (Å²) >= 11 is 0. The van der Waals surface area contributed by atoms with Gasteiger partial charge in [0.2, 0.25) is 0 Å². The third kappa shape index (κ3) is 3.64. The molecule has 4 heteroatoms. The number of aryl methyl sites for hydroxylation is 3. The van der Waals surface area contributed by atoms with Crippen molar-refractivity contribution in [3.05, 3.63) is 64.8 Å². The number of benzene rings is 2. The van der Waals surface area contributed by atoms with E-state index in [1.807, 2.05) is 0 Å². The van der Waals surface area contributed by atoms with Crippen LogP contribution >= 0.6 is 0 Å². The van der Waals surface area contributed by atoms with Gasteiger partial charge in [0.1, 0.15) is 5.75 Å². The Morgan fingerprint density at radius 2 is 1.86 bits per heavy atom. The van der Waals surface area contributed by atoms with Crippen LogP contribution in [0, 0.1) is 6.92 Å². The van der Waals surface area contributed by atoms with Crippen LogP contribution in [0.25, 0.3) is 10.9 Å². The van der Waals surface area contributed by atoms with Gasteiger partial charge in [-0.1, -0.05) is 36.8 Å². The molecule has 1 aliphatic carbocycles. The maximum absolute atomic E-state index is 11.6. The van der Waals surface area contributed by atoms with Gasteiger partial charge in [-0.2, -0.15) is 0 Å². The molecule has 0 aliphatic heterocycles. The first-order valence-corrected chi connectivity index (χ1v) is 10.1. The highest BCUT2D eigenvalue weighted by molar-refractivity contribution is 5.92. The summed E-state index contributed by atoms with van der Waals surface area (Å²) in [4.78, 5) is 11.6. The number of carbonyl (C=O) groups is 1. The van der Waals surface area contributed by atoms with Crippen LogP contribution in [0.3, 0.4) is 0 Å². The summed E-state index contributed by atoms with van der Waals surface area (Å²) in [6.07, 6.45) is 5.84. The highest BCUT2D eigenvalue weighted by Gasteiger charge is 2.20. The zero-order valence-corrected chi connectivity index (χ0v) is 16.7. The van der Waals surface area contributed by atoms with Gasteiger partial charge < -0.3 is 14.0 Å². The summed E-state index contributed by atoms with van der Waals surface area (Å²) in [5.74, 6) is 0.430. The number of methoxy groups -OCH3 is 1. The molecular weight excluding hydrogens is 350 g/mol. The number of rotatable bonds is 5. The van der Waals surface area contributed by atoms with E-state index in [1.165, 1.54) is 54.3 Å². The van der Waals surface area contributed by atoms with Gasteiger partial charge >= 0.3 is 5.97 Å². The van der Waals surface area contributed by atoms with Crippen molar-refractivity contribution in [3.63, 3.8) is 0 Å². The van der Waals surface area contributed by atoms with Crippen molar-refractivity contribution in [2.75, 3.05) is 13.7 Å². The van der Waals surface area contributed by atoms with Crippen molar-refractivity contribution >= 4 is 16.9 Å². The molecule has 0 amide bonds. The standard InChI is InChI=1S/C24H27NO3/c1-17-13-21-22(28-16-23(26)27-2)14-19-11-7-4-8-12-20(19)24(21)25(17)15-18-9-5-3-6-10-18/h3,5-6,9-10,13-14H,4,7-8,11-12,15-16H2,1-2H3. The third-order valence-corrected chi connectivity index (χ3v) is 5.68. The lowest BCUT2D eigenvalue weighted by atomic mass is 9.99. The summed E-state index contributed by atoms with van der Waals surface area (Å²) in [7, 11) is 1.39. The first kappa shape index (κ1) is 18.6. The zero-order valence-electron chi connectivity index (χ0n) is 16.7. The molecule has 4 nitrogen and oxygen atoms in total. The lowest BCUT2D eigenvalue weighted by molar-refractivity contribution is -0.142. The molecule has 1 aromatic heterocycles. The average molecular weight is 377 g/mol. The zero-order chi connectivity index (χ0) is 19.5. The third-order valence-electron chi connectivity index (χ3n) is 5.68. The average Bonchev–Trinajstić information content (AvgIpc) is 2.89. The molecular formula is C24H27NO3. The molecule has 0 bridgehead atoms. The number of nitrogens with zero attached hydrogens (tertiary/aromatic N) is 1. The summed E-state index contributed by atoms with van der Waals surface area (Å²) < 4.78 is 13.1. The smallest absolute Gasteiger partial charge is 0.343 e. The maximum Gasteiger partial charge on any atom is 0.343 e. The lowest BCUT2D eigenvalue weighted by Gasteiger charge is -2.16. The second-order valence-electron chi connectivity index (χ2n) is 7.56. The predicted octanol–water partition coefficient (Wildman–Crippen LogP) is 4.82. The highest BCUT2D eigenvalue weighted by Crippen LogP contribution is 2.37. The van der Waals surface area contributed by atoms with Crippen molar-refractivity contribution in [1.29, 1.82) is 0 Å². The second kappa shape index (κ2) is 8.09. The number of ether oxygens (including phenoxy) is 2. The Balaban J connectivity index is 1.85. The molecule has 0 spiro atoms. The quantitative estimate of drug-likeness (QED) is 0.473. The van der Waals surface area contributed by atoms with Crippen LogP contribution in [0.2, 0.25) is 0 Å². The lowest BCUT2D eigenvalue weighted by Crippen LogP contribution is -2.13. The van der Waals surface area contributed by atoms with E-state index in [2.05, 4.69) is 54.0 Å². The monoisotopic (exact) mass is 377 g/mol. The molecule has 3 aromatic rings. The summed E-state index contributed by atoms with van der Waals surface area (Å²) in [6, 6.07) is 14.9. The summed E-state index contributed by atoms with van der Waals surface area (Å²) in [5, 5.41) is 1.10. The van der Waals surface area contributed by atoms with Crippen molar-refractivity contribution in [1.82, 2.24) is 4.57 Å².